The van der Waals surface area contributed by atoms with E-state index in [0.717, 1.165) is 31.2 Å². The third-order valence-corrected chi connectivity index (χ3v) is 4.04. The van der Waals surface area contributed by atoms with Gasteiger partial charge in [-0.15, -0.1) is 0 Å². The summed E-state index contributed by atoms with van der Waals surface area (Å²) in [7, 11) is 0. The van der Waals surface area contributed by atoms with Crippen molar-refractivity contribution in [2.45, 2.75) is 38.1 Å². The van der Waals surface area contributed by atoms with E-state index in [0.29, 0.717) is 16.5 Å². The van der Waals surface area contributed by atoms with Gasteiger partial charge in [0.15, 0.2) is 0 Å². The van der Waals surface area contributed by atoms with Crippen LogP contribution in [0.5, 0.6) is 0 Å². The SMILES string of the molecule is N[C@H]1CCC[C@H]1CCc1cc(Cl)ccc1C(=O)O. The molecule has 0 heterocycles. The van der Waals surface area contributed by atoms with Gasteiger partial charge < -0.3 is 10.8 Å². The van der Waals surface area contributed by atoms with E-state index < -0.39 is 5.97 Å². The topological polar surface area (TPSA) is 63.3 Å². The second kappa shape index (κ2) is 5.72. The minimum atomic E-state index is -0.891. The van der Waals surface area contributed by atoms with E-state index in [4.69, 9.17) is 22.4 Å². The van der Waals surface area contributed by atoms with Gasteiger partial charge in [-0.1, -0.05) is 18.0 Å². The Balaban J connectivity index is 2.08. The lowest BCUT2D eigenvalue weighted by atomic mass is 9.93. The monoisotopic (exact) mass is 267 g/mol. The summed E-state index contributed by atoms with van der Waals surface area (Å²) in [6, 6.07) is 5.23. The van der Waals surface area contributed by atoms with Crippen LogP contribution in [0.15, 0.2) is 18.2 Å². The Bertz CT molecular complexity index is 447. The lowest BCUT2D eigenvalue weighted by molar-refractivity contribution is 0.0695. The van der Waals surface area contributed by atoms with Crippen molar-refractivity contribution in [3.8, 4) is 0 Å². The number of hydrogen-bond acceptors (Lipinski definition) is 2. The van der Waals surface area contributed by atoms with E-state index in [1.807, 2.05) is 0 Å². The van der Waals surface area contributed by atoms with Gasteiger partial charge in [-0.2, -0.15) is 0 Å². The van der Waals surface area contributed by atoms with Gasteiger partial charge >= 0.3 is 5.97 Å². The molecular weight excluding hydrogens is 250 g/mol. The van der Waals surface area contributed by atoms with E-state index in [9.17, 15) is 4.79 Å². The second-order valence-electron chi connectivity index (χ2n) is 5.00. The first-order valence-electron chi connectivity index (χ1n) is 6.35. The normalized spacial score (nSPS) is 23.2. The van der Waals surface area contributed by atoms with Crippen molar-refractivity contribution < 1.29 is 9.90 Å². The number of aryl methyl sites for hydroxylation is 1. The lowest BCUT2D eigenvalue weighted by Crippen LogP contribution is -2.24. The fourth-order valence-corrected chi connectivity index (χ4v) is 2.94. The van der Waals surface area contributed by atoms with Crippen LogP contribution >= 0.6 is 11.6 Å². The number of aromatic carboxylic acids is 1. The standard InChI is InChI=1S/C14H18ClNO2/c15-11-6-7-12(14(17)18)10(8-11)5-4-9-2-1-3-13(9)16/h6-9,13H,1-5,16H2,(H,17,18)/t9-,13-/m0/s1. The highest BCUT2D eigenvalue weighted by atomic mass is 35.5. The van der Waals surface area contributed by atoms with Crippen molar-refractivity contribution in [1.82, 2.24) is 0 Å². The zero-order chi connectivity index (χ0) is 13.1. The first kappa shape index (κ1) is 13.4. The molecule has 2 atom stereocenters. The highest BCUT2D eigenvalue weighted by molar-refractivity contribution is 6.30. The van der Waals surface area contributed by atoms with Gasteiger partial charge in [-0.25, -0.2) is 4.79 Å². The van der Waals surface area contributed by atoms with Gasteiger partial charge in [0, 0.05) is 11.1 Å². The van der Waals surface area contributed by atoms with E-state index in [-0.39, 0.29) is 6.04 Å². The maximum Gasteiger partial charge on any atom is 0.335 e. The summed E-state index contributed by atoms with van der Waals surface area (Å²) in [5.74, 6) is -0.372. The lowest BCUT2D eigenvalue weighted by Gasteiger charge is -2.15. The van der Waals surface area contributed by atoms with E-state index in [1.54, 1.807) is 18.2 Å². The van der Waals surface area contributed by atoms with Crippen molar-refractivity contribution in [3.05, 3.63) is 34.3 Å². The molecule has 0 radical (unpaired) electrons. The highest BCUT2D eigenvalue weighted by Crippen LogP contribution is 2.29. The third-order valence-electron chi connectivity index (χ3n) is 3.80. The predicted molar refractivity (Wildman–Crippen MR) is 72.0 cm³/mol. The Hall–Kier alpha value is -1.06. The van der Waals surface area contributed by atoms with Crippen LogP contribution in [0.25, 0.3) is 0 Å². The summed E-state index contributed by atoms with van der Waals surface area (Å²) in [4.78, 5) is 11.1. The van der Waals surface area contributed by atoms with Gasteiger partial charge in [0.05, 0.1) is 5.56 Å². The van der Waals surface area contributed by atoms with E-state index in [1.165, 1.54) is 6.42 Å². The Morgan fingerprint density at radius 3 is 2.83 bits per heavy atom. The Morgan fingerprint density at radius 2 is 2.22 bits per heavy atom. The molecule has 3 nitrogen and oxygen atoms in total. The maximum absolute atomic E-state index is 11.1. The third kappa shape index (κ3) is 3.03. The Morgan fingerprint density at radius 1 is 1.44 bits per heavy atom. The van der Waals surface area contributed by atoms with Crippen LogP contribution in [0.3, 0.4) is 0 Å². The molecule has 1 saturated carbocycles. The molecule has 0 unspecified atom stereocenters. The molecule has 1 aromatic carbocycles. The quantitative estimate of drug-likeness (QED) is 0.881. The minimum Gasteiger partial charge on any atom is -0.478 e. The van der Waals surface area contributed by atoms with Gasteiger partial charge in [-0.3, -0.25) is 0 Å². The predicted octanol–water partition coefficient (Wildman–Crippen LogP) is 3.10. The molecular formula is C14H18ClNO2. The summed E-state index contributed by atoms with van der Waals surface area (Å²) < 4.78 is 0. The zero-order valence-corrected chi connectivity index (χ0v) is 11.0. The molecule has 2 rings (SSSR count). The van der Waals surface area contributed by atoms with Crippen molar-refractivity contribution in [2.24, 2.45) is 11.7 Å². The Kier molecular flexibility index (Phi) is 4.25. The van der Waals surface area contributed by atoms with Crippen LogP contribution in [0.1, 0.15) is 41.6 Å². The summed E-state index contributed by atoms with van der Waals surface area (Å²) in [6.07, 6.45) is 5.12. The summed E-state index contributed by atoms with van der Waals surface area (Å²) >= 11 is 5.93. The summed E-state index contributed by atoms with van der Waals surface area (Å²) in [6.45, 7) is 0. The molecule has 0 spiro atoms. The molecule has 0 aliphatic heterocycles. The van der Waals surface area contributed by atoms with Crippen LogP contribution in [0.4, 0.5) is 0 Å². The molecule has 1 aliphatic rings. The number of carboxylic acids is 1. The van der Waals surface area contributed by atoms with Crippen molar-refractivity contribution >= 4 is 17.6 Å². The molecule has 0 aromatic heterocycles. The van der Waals surface area contributed by atoms with Crippen LogP contribution in [0.2, 0.25) is 5.02 Å². The number of halogens is 1. The van der Waals surface area contributed by atoms with Gasteiger partial charge in [-0.05, 0) is 55.4 Å². The molecule has 98 valence electrons. The first-order chi connectivity index (χ1) is 8.58. The van der Waals surface area contributed by atoms with Crippen LogP contribution in [0, 0.1) is 5.92 Å². The van der Waals surface area contributed by atoms with Crippen molar-refractivity contribution in [3.63, 3.8) is 0 Å². The number of carbonyl (C=O) groups is 1. The molecule has 1 fully saturated rings. The molecule has 1 aromatic rings. The van der Waals surface area contributed by atoms with E-state index >= 15 is 0 Å². The molecule has 0 amide bonds. The van der Waals surface area contributed by atoms with Crippen LogP contribution in [-0.4, -0.2) is 17.1 Å². The van der Waals surface area contributed by atoms with Crippen molar-refractivity contribution in [1.29, 1.82) is 0 Å². The number of benzene rings is 1. The maximum atomic E-state index is 11.1. The molecule has 3 N–H and O–H groups in total. The molecule has 0 saturated heterocycles. The van der Waals surface area contributed by atoms with Gasteiger partial charge in [0.2, 0.25) is 0 Å². The van der Waals surface area contributed by atoms with Gasteiger partial charge in [0.25, 0.3) is 0 Å². The average Bonchev–Trinajstić information content (AvgIpc) is 2.72. The number of rotatable bonds is 4. The van der Waals surface area contributed by atoms with Crippen molar-refractivity contribution in [2.75, 3.05) is 0 Å². The molecule has 4 heteroatoms. The first-order valence-corrected chi connectivity index (χ1v) is 6.73. The molecule has 18 heavy (non-hydrogen) atoms. The fourth-order valence-electron chi connectivity index (χ4n) is 2.74. The summed E-state index contributed by atoms with van der Waals surface area (Å²) in [5, 5.41) is 9.72. The molecule has 1 aliphatic carbocycles. The second-order valence-corrected chi connectivity index (χ2v) is 5.44. The largest absolute Gasteiger partial charge is 0.478 e. The molecule has 0 bridgehead atoms. The highest BCUT2D eigenvalue weighted by Gasteiger charge is 2.24. The zero-order valence-electron chi connectivity index (χ0n) is 10.2. The van der Waals surface area contributed by atoms with Crippen LogP contribution in [-0.2, 0) is 6.42 Å². The number of carboxylic acid groups (broad SMARTS) is 1. The van der Waals surface area contributed by atoms with E-state index in [2.05, 4.69) is 0 Å². The fraction of sp³-hybridized carbons (Fsp3) is 0.500. The summed E-state index contributed by atoms with van der Waals surface area (Å²) in [5.41, 5.74) is 7.20. The number of hydrogen-bond donors (Lipinski definition) is 2. The van der Waals surface area contributed by atoms with Crippen LogP contribution < -0.4 is 5.73 Å². The Labute approximate surface area is 112 Å². The van der Waals surface area contributed by atoms with Gasteiger partial charge in [0.1, 0.15) is 0 Å². The smallest absolute Gasteiger partial charge is 0.335 e. The average molecular weight is 268 g/mol. The minimum absolute atomic E-state index is 0.275. The number of nitrogens with two attached hydrogens (primary N) is 1.